The molecular formula is C11H13ClNO2+. The summed E-state index contributed by atoms with van der Waals surface area (Å²) in [7, 11) is 3.69. The van der Waals surface area contributed by atoms with Crippen molar-refractivity contribution in [1.29, 1.82) is 0 Å². The molecule has 3 nitrogen and oxygen atoms in total. The standard InChI is InChI=1S/C11H13ClNO2/c1-11(12)8-6-4-5-7-9(8)14-10(15-11)13(2)3/h4-7H,1-3H3/q+1. The average Bonchev–Trinajstić information content (AvgIpc) is 2.16. The van der Waals surface area contributed by atoms with E-state index in [2.05, 4.69) is 0 Å². The number of hydrogen-bond donors (Lipinski definition) is 0. The predicted molar refractivity (Wildman–Crippen MR) is 58.5 cm³/mol. The van der Waals surface area contributed by atoms with Crippen molar-refractivity contribution in [3.05, 3.63) is 29.8 Å². The van der Waals surface area contributed by atoms with Crippen LogP contribution in [-0.2, 0) is 9.80 Å². The number of ether oxygens (including phenoxy) is 2. The van der Waals surface area contributed by atoms with E-state index in [0.717, 1.165) is 11.3 Å². The summed E-state index contributed by atoms with van der Waals surface area (Å²) in [4.78, 5) is 0. The Kier molecular flexibility index (Phi) is 2.35. The van der Waals surface area contributed by atoms with Crippen LogP contribution in [0.15, 0.2) is 24.3 Å². The maximum absolute atomic E-state index is 6.29. The predicted octanol–water partition coefficient (Wildman–Crippen LogP) is 2.14. The van der Waals surface area contributed by atoms with Crippen molar-refractivity contribution in [3.63, 3.8) is 0 Å². The van der Waals surface area contributed by atoms with Crippen LogP contribution in [0, 0.1) is 0 Å². The van der Waals surface area contributed by atoms with E-state index in [1.165, 1.54) is 0 Å². The number of nitrogens with zero attached hydrogens (tertiary/aromatic N) is 1. The summed E-state index contributed by atoms with van der Waals surface area (Å²) < 4.78 is 12.9. The van der Waals surface area contributed by atoms with E-state index in [-0.39, 0.29) is 0 Å². The number of benzene rings is 1. The van der Waals surface area contributed by atoms with E-state index in [0.29, 0.717) is 6.08 Å². The molecule has 0 saturated heterocycles. The lowest BCUT2D eigenvalue weighted by molar-refractivity contribution is -0.486. The maximum Gasteiger partial charge on any atom is 0.556 e. The van der Waals surface area contributed by atoms with E-state index in [9.17, 15) is 0 Å². The molecule has 1 heterocycles. The van der Waals surface area contributed by atoms with Gasteiger partial charge in [-0.05, 0) is 19.1 Å². The van der Waals surface area contributed by atoms with Gasteiger partial charge in [-0.3, -0.25) is 0 Å². The quantitative estimate of drug-likeness (QED) is 0.499. The molecular weight excluding hydrogens is 214 g/mol. The second kappa shape index (κ2) is 3.42. The van der Waals surface area contributed by atoms with Gasteiger partial charge in [0.25, 0.3) is 0 Å². The van der Waals surface area contributed by atoms with Gasteiger partial charge in [-0.15, -0.1) is 0 Å². The molecule has 1 aliphatic rings. The SMILES string of the molecule is C[N+](C)=C1Oc2ccccc2C(C)(Cl)O1. The highest BCUT2D eigenvalue weighted by Crippen LogP contribution is 2.39. The fourth-order valence-corrected chi connectivity index (χ4v) is 1.66. The molecule has 80 valence electrons. The van der Waals surface area contributed by atoms with Crippen LogP contribution in [0.4, 0.5) is 0 Å². The number of fused-ring (bicyclic) bond motifs is 1. The first-order chi connectivity index (χ1) is 7.00. The summed E-state index contributed by atoms with van der Waals surface area (Å²) >= 11 is 6.29. The van der Waals surface area contributed by atoms with E-state index in [1.807, 2.05) is 38.4 Å². The first-order valence-electron chi connectivity index (χ1n) is 4.70. The average molecular weight is 227 g/mol. The molecule has 1 unspecified atom stereocenters. The fourth-order valence-electron chi connectivity index (χ4n) is 1.44. The molecule has 0 aliphatic carbocycles. The van der Waals surface area contributed by atoms with Gasteiger partial charge in [-0.25, -0.2) is 0 Å². The minimum absolute atomic E-state index is 0.409. The number of halogens is 1. The number of hydrogen-bond acceptors (Lipinski definition) is 2. The first kappa shape index (κ1) is 10.3. The van der Waals surface area contributed by atoms with Crippen molar-refractivity contribution < 1.29 is 14.0 Å². The number of alkyl halides is 1. The van der Waals surface area contributed by atoms with Gasteiger partial charge in [-0.1, -0.05) is 23.7 Å². The molecule has 0 amide bonds. The molecule has 0 radical (unpaired) electrons. The molecule has 0 N–H and O–H groups in total. The lowest BCUT2D eigenvalue weighted by atomic mass is 10.1. The van der Waals surface area contributed by atoms with Crippen molar-refractivity contribution in [1.82, 2.24) is 0 Å². The summed E-state index contributed by atoms with van der Waals surface area (Å²) in [5, 5.41) is -0.867. The van der Waals surface area contributed by atoms with Crippen molar-refractivity contribution in [2.24, 2.45) is 0 Å². The van der Waals surface area contributed by atoms with Gasteiger partial charge in [0, 0.05) is 0 Å². The van der Waals surface area contributed by atoms with E-state index >= 15 is 0 Å². The lowest BCUT2D eigenvalue weighted by Gasteiger charge is -2.28. The Morgan fingerprint density at radius 1 is 1.27 bits per heavy atom. The highest BCUT2D eigenvalue weighted by Gasteiger charge is 2.39. The normalized spacial score (nSPS) is 23.9. The third-order valence-electron chi connectivity index (χ3n) is 2.21. The van der Waals surface area contributed by atoms with Gasteiger partial charge in [0.05, 0.1) is 5.56 Å². The molecule has 0 bridgehead atoms. The smallest absolute Gasteiger partial charge is 0.388 e. The summed E-state index contributed by atoms with van der Waals surface area (Å²) in [6.07, 6.45) is 0.409. The second-order valence-corrected chi connectivity index (χ2v) is 4.50. The van der Waals surface area contributed by atoms with Crippen LogP contribution < -0.4 is 4.74 Å². The van der Waals surface area contributed by atoms with Gasteiger partial charge in [-0.2, -0.15) is 4.58 Å². The topological polar surface area (TPSA) is 21.5 Å². The molecule has 0 spiro atoms. The van der Waals surface area contributed by atoms with Crippen LogP contribution in [0.2, 0.25) is 0 Å². The van der Waals surface area contributed by atoms with Gasteiger partial charge < -0.3 is 9.47 Å². The molecule has 0 saturated carbocycles. The van der Waals surface area contributed by atoms with Crippen LogP contribution in [-0.4, -0.2) is 24.8 Å². The second-order valence-electron chi connectivity index (χ2n) is 3.78. The largest absolute Gasteiger partial charge is 0.556 e. The molecule has 2 rings (SSSR count). The summed E-state index contributed by atoms with van der Waals surface area (Å²) in [5.74, 6) is 0.741. The minimum atomic E-state index is -0.867. The highest BCUT2D eigenvalue weighted by atomic mass is 35.5. The van der Waals surface area contributed by atoms with Gasteiger partial charge >= 0.3 is 6.08 Å². The third-order valence-corrected chi connectivity index (χ3v) is 2.49. The van der Waals surface area contributed by atoms with Gasteiger partial charge in [0.1, 0.15) is 19.8 Å². The molecule has 1 atom stereocenters. The first-order valence-corrected chi connectivity index (χ1v) is 5.08. The molecule has 15 heavy (non-hydrogen) atoms. The molecule has 0 fully saturated rings. The van der Waals surface area contributed by atoms with Crippen LogP contribution in [0.25, 0.3) is 0 Å². The van der Waals surface area contributed by atoms with Crippen molar-refractivity contribution >= 4 is 17.7 Å². The third kappa shape index (κ3) is 1.79. The summed E-state index contributed by atoms with van der Waals surface area (Å²) in [6, 6.07) is 7.59. The Morgan fingerprint density at radius 2 is 1.93 bits per heavy atom. The maximum atomic E-state index is 6.29. The van der Waals surface area contributed by atoms with Crippen molar-refractivity contribution in [2.45, 2.75) is 12.0 Å². The monoisotopic (exact) mass is 226 g/mol. The molecule has 1 aromatic rings. The zero-order valence-corrected chi connectivity index (χ0v) is 9.71. The van der Waals surface area contributed by atoms with Crippen LogP contribution in [0.3, 0.4) is 0 Å². The number of rotatable bonds is 0. The zero-order valence-electron chi connectivity index (χ0n) is 8.95. The van der Waals surface area contributed by atoms with Gasteiger partial charge in [0.2, 0.25) is 5.06 Å². The Morgan fingerprint density at radius 3 is 2.60 bits per heavy atom. The fraction of sp³-hybridized carbons (Fsp3) is 0.364. The Bertz CT molecular complexity index is 422. The van der Waals surface area contributed by atoms with Crippen LogP contribution >= 0.6 is 11.6 Å². The molecule has 0 aromatic heterocycles. The molecule has 1 aliphatic heterocycles. The lowest BCUT2D eigenvalue weighted by Crippen LogP contribution is -2.36. The van der Waals surface area contributed by atoms with Gasteiger partial charge in [0.15, 0.2) is 0 Å². The molecule has 1 aromatic carbocycles. The Balaban J connectivity index is 2.53. The van der Waals surface area contributed by atoms with Crippen LogP contribution in [0.5, 0.6) is 5.75 Å². The van der Waals surface area contributed by atoms with E-state index in [4.69, 9.17) is 21.1 Å². The minimum Gasteiger partial charge on any atom is -0.388 e. The Hall–Kier alpha value is -1.22. The van der Waals surface area contributed by atoms with Crippen molar-refractivity contribution in [2.75, 3.05) is 14.1 Å². The van der Waals surface area contributed by atoms with E-state index in [1.54, 1.807) is 11.5 Å². The Labute approximate surface area is 93.9 Å². The zero-order chi connectivity index (χ0) is 11.1. The van der Waals surface area contributed by atoms with Crippen LogP contribution in [0.1, 0.15) is 12.5 Å². The summed E-state index contributed by atoms with van der Waals surface area (Å²) in [5.41, 5.74) is 0.845. The number of para-hydroxylation sites is 1. The summed E-state index contributed by atoms with van der Waals surface area (Å²) in [6.45, 7) is 1.80. The molecule has 4 heteroatoms. The highest BCUT2D eigenvalue weighted by molar-refractivity contribution is 6.23. The van der Waals surface area contributed by atoms with Crippen molar-refractivity contribution in [3.8, 4) is 5.75 Å². The van der Waals surface area contributed by atoms with E-state index < -0.39 is 5.06 Å².